The highest BCUT2D eigenvalue weighted by atomic mass is 16.5. The Morgan fingerprint density at radius 2 is 0.963 bits per heavy atom. The zero-order chi connectivity index (χ0) is 39.4. The standard InChI is InChI=1S/C48H91NO5/c1-3-5-7-9-11-13-15-17-18-20-21-24-28-32-36-40-46(51)45(44-50)49-47(52)41-37-33-29-25-23-27-31-35-39-43-54-48(53)42-38-34-30-26-22-19-16-14-12-10-8-6-4-2/h8,10,14,16,45-46,50-51H,3-7,9,11-13,15,17-44H2,1-2H3,(H,49,52)/b10-8-,16-14-. The number of unbranched alkanes of at least 4 members (excludes halogenated alkanes) is 28. The number of ether oxygens (including phenoxy) is 1. The maximum atomic E-state index is 12.4. The van der Waals surface area contributed by atoms with Gasteiger partial charge in [-0.25, -0.2) is 0 Å². The van der Waals surface area contributed by atoms with Crippen LogP contribution in [0.3, 0.4) is 0 Å². The molecule has 318 valence electrons. The van der Waals surface area contributed by atoms with E-state index in [1.54, 1.807) is 0 Å². The van der Waals surface area contributed by atoms with Gasteiger partial charge in [-0.1, -0.05) is 205 Å². The summed E-state index contributed by atoms with van der Waals surface area (Å²) in [6.45, 7) is 4.81. The number of amides is 1. The molecule has 0 saturated heterocycles. The third kappa shape index (κ3) is 40.0. The van der Waals surface area contributed by atoms with E-state index in [-0.39, 0.29) is 18.5 Å². The second kappa shape index (κ2) is 44.1. The van der Waals surface area contributed by atoms with E-state index in [0.717, 1.165) is 70.6 Å². The van der Waals surface area contributed by atoms with Gasteiger partial charge in [0.15, 0.2) is 0 Å². The molecule has 6 heteroatoms. The van der Waals surface area contributed by atoms with Crippen LogP contribution < -0.4 is 5.32 Å². The highest BCUT2D eigenvalue weighted by molar-refractivity contribution is 5.76. The Morgan fingerprint density at radius 3 is 1.48 bits per heavy atom. The number of carbonyl (C=O) groups excluding carboxylic acids is 2. The van der Waals surface area contributed by atoms with Gasteiger partial charge in [0, 0.05) is 12.8 Å². The first-order chi connectivity index (χ1) is 26.5. The highest BCUT2D eigenvalue weighted by Gasteiger charge is 2.20. The Labute approximate surface area is 335 Å². The summed E-state index contributed by atoms with van der Waals surface area (Å²) in [5.41, 5.74) is 0. The van der Waals surface area contributed by atoms with Crippen LogP contribution in [-0.2, 0) is 14.3 Å². The second-order valence-electron chi connectivity index (χ2n) is 16.1. The smallest absolute Gasteiger partial charge is 0.305 e. The van der Waals surface area contributed by atoms with Crippen molar-refractivity contribution >= 4 is 11.9 Å². The zero-order valence-corrected chi connectivity index (χ0v) is 36.0. The molecule has 6 nitrogen and oxygen atoms in total. The Kier molecular flexibility index (Phi) is 42.7. The lowest BCUT2D eigenvalue weighted by Crippen LogP contribution is -2.45. The van der Waals surface area contributed by atoms with Crippen molar-refractivity contribution in [2.45, 2.75) is 257 Å². The van der Waals surface area contributed by atoms with Crippen molar-refractivity contribution in [1.29, 1.82) is 0 Å². The average molecular weight is 762 g/mol. The monoisotopic (exact) mass is 762 g/mol. The van der Waals surface area contributed by atoms with E-state index in [9.17, 15) is 19.8 Å². The number of esters is 1. The van der Waals surface area contributed by atoms with E-state index in [0.29, 0.717) is 25.9 Å². The lowest BCUT2D eigenvalue weighted by Gasteiger charge is -2.22. The van der Waals surface area contributed by atoms with Crippen LogP contribution in [0.1, 0.15) is 245 Å². The van der Waals surface area contributed by atoms with Crippen molar-refractivity contribution in [3.8, 4) is 0 Å². The van der Waals surface area contributed by atoms with Crippen LogP contribution >= 0.6 is 0 Å². The number of aliphatic hydroxyl groups excluding tert-OH is 2. The van der Waals surface area contributed by atoms with Crippen LogP contribution in [-0.4, -0.2) is 47.4 Å². The molecule has 0 saturated carbocycles. The molecule has 0 aliphatic rings. The summed E-state index contributed by atoms with van der Waals surface area (Å²) in [5.74, 6) is -0.105. The minimum Gasteiger partial charge on any atom is -0.466 e. The first-order valence-electron chi connectivity index (χ1n) is 23.6. The van der Waals surface area contributed by atoms with Gasteiger partial charge < -0.3 is 20.3 Å². The third-order valence-corrected chi connectivity index (χ3v) is 10.7. The van der Waals surface area contributed by atoms with Crippen LogP contribution in [0.2, 0.25) is 0 Å². The predicted octanol–water partition coefficient (Wildman–Crippen LogP) is 13.6. The van der Waals surface area contributed by atoms with E-state index >= 15 is 0 Å². The molecule has 0 aromatic heterocycles. The summed E-state index contributed by atoms with van der Waals surface area (Å²) < 4.78 is 5.43. The molecule has 0 radical (unpaired) electrons. The Balaban J connectivity index is 3.52. The molecule has 0 aromatic carbocycles. The maximum Gasteiger partial charge on any atom is 0.305 e. The lowest BCUT2D eigenvalue weighted by atomic mass is 10.0. The predicted molar refractivity (Wildman–Crippen MR) is 232 cm³/mol. The molecule has 0 heterocycles. The number of aliphatic hydroxyl groups is 2. The molecule has 0 aliphatic carbocycles. The van der Waals surface area contributed by atoms with Gasteiger partial charge in [0.1, 0.15) is 0 Å². The molecule has 0 fully saturated rings. The summed E-state index contributed by atoms with van der Waals surface area (Å²) in [7, 11) is 0. The first-order valence-corrected chi connectivity index (χ1v) is 23.6. The number of allylic oxidation sites excluding steroid dienone is 4. The normalized spacial score (nSPS) is 12.9. The molecule has 3 N–H and O–H groups in total. The van der Waals surface area contributed by atoms with Gasteiger partial charge in [-0.05, 0) is 51.4 Å². The quantitative estimate of drug-likeness (QED) is 0.0327. The minimum absolute atomic E-state index is 0.0405. The molecule has 0 bridgehead atoms. The number of carbonyl (C=O) groups is 2. The molecule has 54 heavy (non-hydrogen) atoms. The van der Waals surface area contributed by atoms with Crippen LogP contribution in [0, 0.1) is 0 Å². The van der Waals surface area contributed by atoms with Crippen molar-refractivity contribution in [1.82, 2.24) is 5.32 Å². The SMILES string of the molecule is CCC/C=C\C/C=C\CCCCCCCC(=O)OCCCCCCCCCCCC(=O)NC(CO)C(O)CCCCCCCCCCCCCCCCC. The van der Waals surface area contributed by atoms with Crippen molar-refractivity contribution in [3.63, 3.8) is 0 Å². The molecular weight excluding hydrogens is 671 g/mol. The summed E-state index contributed by atoms with van der Waals surface area (Å²) in [6, 6.07) is -0.562. The van der Waals surface area contributed by atoms with Crippen molar-refractivity contribution in [2.24, 2.45) is 0 Å². The number of rotatable bonds is 43. The van der Waals surface area contributed by atoms with E-state index in [4.69, 9.17) is 4.74 Å². The fourth-order valence-electron chi connectivity index (χ4n) is 7.09. The topological polar surface area (TPSA) is 95.9 Å². The van der Waals surface area contributed by atoms with Crippen LogP contribution in [0.5, 0.6) is 0 Å². The van der Waals surface area contributed by atoms with E-state index in [1.807, 2.05) is 0 Å². The number of hydrogen-bond donors (Lipinski definition) is 3. The van der Waals surface area contributed by atoms with Crippen molar-refractivity contribution < 1.29 is 24.5 Å². The average Bonchev–Trinajstić information content (AvgIpc) is 3.17. The van der Waals surface area contributed by atoms with Crippen molar-refractivity contribution in [2.75, 3.05) is 13.2 Å². The molecule has 2 atom stereocenters. The molecule has 0 aliphatic heterocycles. The Hall–Kier alpha value is -1.66. The number of hydrogen-bond acceptors (Lipinski definition) is 5. The van der Waals surface area contributed by atoms with Gasteiger partial charge in [0.05, 0.1) is 25.4 Å². The molecule has 0 rings (SSSR count). The van der Waals surface area contributed by atoms with Gasteiger partial charge in [0.25, 0.3) is 0 Å². The summed E-state index contributed by atoms with van der Waals surface area (Å²) >= 11 is 0. The Morgan fingerprint density at radius 1 is 0.519 bits per heavy atom. The molecule has 0 aromatic rings. The molecular formula is C48H91NO5. The zero-order valence-electron chi connectivity index (χ0n) is 36.0. The minimum atomic E-state index is -0.682. The summed E-state index contributed by atoms with van der Waals surface area (Å²) in [6.07, 6.45) is 49.9. The highest BCUT2D eigenvalue weighted by Crippen LogP contribution is 2.16. The van der Waals surface area contributed by atoms with E-state index in [2.05, 4.69) is 43.5 Å². The van der Waals surface area contributed by atoms with Crippen LogP contribution in [0.15, 0.2) is 24.3 Å². The molecule has 1 amide bonds. The van der Waals surface area contributed by atoms with Crippen LogP contribution in [0.25, 0.3) is 0 Å². The second-order valence-corrected chi connectivity index (χ2v) is 16.1. The Bertz CT molecular complexity index is 843. The van der Waals surface area contributed by atoms with Gasteiger partial charge >= 0.3 is 5.97 Å². The summed E-state index contributed by atoms with van der Waals surface area (Å²) in [5, 5.41) is 23.2. The lowest BCUT2D eigenvalue weighted by molar-refractivity contribution is -0.143. The van der Waals surface area contributed by atoms with Gasteiger partial charge in [-0.2, -0.15) is 0 Å². The summed E-state index contributed by atoms with van der Waals surface area (Å²) in [4.78, 5) is 24.4. The fourth-order valence-corrected chi connectivity index (χ4v) is 7.09. The van der Waals surface area contributed by atoms with E-state index < -0.39 is 12.1 Å². The van der Waals surface area contributed by atoms with E-state index in [1.165, 1.54) is 141 Å². The first kappa shape index (κ1) is 52.3. The number of nitrogens with one attached hydrogen (secondary N) is 1. The maximum absolute atomic E-state index is 12.4. The van der Waals surface area contributed by atoms with Gasteiger partial charge in [0.2, 0.25) is 5.91 Å². The van der Waals surface area contributed by atoms with Gasteiger partial charge in [-0.3, -0.25) is 9.59 Å². The largest absolute Gasteiger partial charge is 0.466 e. The fraction of sp³-hybridized carbons (Fsp3) is 0.875. The van der Waals surface area contributed by atoms with Crippen molar-refractivity contribution in [3.05, 3.63) is 24.3 Å². The van der Waals surface area contributed by atoms with Crippen LogP contribution in [0.4, 0.5) is 0 Å². The molecule has 2 unspecified atom stereocenters. The van der Waals surface area contributed by atoms with Gasteiger partial charge in [-0.15, -0.1) is 0 Å². The third-order valence-electron chi connectivity index (χ3n) is 10.7. The molecule has 0 spiro atoms.